The van der Waals surface area contributed by atoms with Crippen molar-refractivity contribution >= 4 is 11.6 Å². The summed E-state index contributed by atoms with van der Waals surface area (Å²) in [6, 6.07) is 3.25. The van der Waals surface area contributed by atoms with Crippen LogP contribution in [0.5, 0.6) is 0 Å². The summed E-state index contributed by atoms with van der Waals surface area (Å²) in [5.74, 6) is 0.460. The summed E-state index contributed by atoms with van der Waals surface area (Å²) in [5, 5.41) is 20.7. The van der Waals surface area contributed by atoms with E-state index >= 15 is 0 Å². The van der Waals surface area contributed by atoms with E-state index in [0.29, 0.717) is 11.6 Å². The van der Waals surface area contributed by atoms with Gasteiger partial charge in [0.2, 0.25) is 0 Å². The van der Waals surface area contributed by atoms with Crippen LogP contribution in [0.25, 0.3) is 5.65 Å². The lowest BCUT2D eigenvalue weighted by molar-refractivity contribution is 0.0696. The molecule has 19 heavy (non-hydrogen) atoms. The maximum Gasteiger partial charge on any atom is 0.337 e. The minimum Gasteiger partial charge on any atom is -0.478 e. The molecule has 6 nitrogen and oxygen atoms in total. The molecule has 1 aliphatic heterocycles. The minimum atomic E-state index is -0.930. The van der Waals surface area contributed by atoms with Crippen LogP contribution in [0, 0.1) is 5.92 Å². The fraction of sp³-hybridized carbons (Fsp3) is 0.462. The number of carboxylic acids is 1. The molecule has 2 aromatic heterocycles. The number of nitrogens with one attached hydrogen (secondary N) is 1. The molecule has 3 rings (SSSR count). The van der Waals surface area contributed by atoms with Crippen molar-refractivity contribution in [1.82, 2.24) is 19.9 Å². The van der Waals surface area contributed by atoms with Crippen LogP contribution >= 0.6 is 0 Å². The van der Waals surface area contributed by atoms with E-state index in [1.165, 1.54) is 12.8 Å². The highest BCUT2D eigenvalue weighted by atomic mass is 16.4. The van der Waals surface area contributed by atoms with Gasteiger partial charge in [-0.3, -0.25) is 4.40 Å². The molecule has 1 atom stereocenters. The molecule has 0 amide bonds. The highest BCUT2D eigenvalue weighted by molar-refractivity contribution is 5.87. The molecule has 1 fully saturated rings. The van der Waals surface area contributed by atoms with Crippen LogP contribution in [-0.2, 0) is 6.42 Å². The molecule has 0 aliphatic carbocycles. The first-order valence-electron chi connectivity index (χ1n) is 6.52. The third kappa shape index (κ3) is 2.44. The first-order chi connectivity index (χ1) is 9.24. The van der Waals surface area contributed by atoms with Crippen molar-refractivity contribution in [1.29, 1.82) is 0 Å². The lowest BCUT2D eigenvalue weighted by atomic mass is 9.96. The van der Waals surface area contributed by atoms with Crippen LogP contribution in [0.2, 0.25) is 0 Å². The quantitative estimate of drug-likeness (QED) is 0.859. The van der Waals surface area contributed by atoms with Crippen molar-refractivity contribution in [3.63, 3.8) is 0 Å². The van der Waals surface area contributed by atoms with Crippen molar-refractivity contribution in [2.24, 2.45) is 5.92 Å². The standard InChI is InChI=1S/C13H16N4O2/c18-13(19)10-3-4-11-15-16-12(17(11)8-10)6-9-2-1-5-14-7-9/h3-4,8-9,14H,1-2,5-7H2,(H,18,19). The van der Waals surface area contributed by atoms with Crippen LogP contribution in [0.1, 0.15) is 29.0 Å². The summed E-state index contributed by atoms with van der Waals surface area (Å²) in [7, 11) is 0. The van der Waals surface area contributed by atoms with E-state index in [9.17, 15) is 4.79 Å². The summed E-state index contributed by atoms with van der Waals surface area (Å²) < 4.78 is 1.79. The van der Waals surface area contributed by atoms with E-state index in [1.807, 2.05) is 0 Å². The van der Waals surface area contributed by atoms with Crippen LogP contribution in [0.4, 0.5) is 0 Å². The fourth-order valence-corrected chi connectivity index (χ4v) is 2.56. The molecule has 3 heterocycles. The Morgan fingerprint density at radius 3 is 3.11 bits per heavy atom. The van der Waals surface area contributed by atoms with Crippen molar-refractivity contribution in [3.8, 4) is 0 Å². The molecule has 1 aliphatic rings. The van der Waals surface area contributed by atoms with E-state index in [4.69, 9.17) is 5.11 Å². The van der Waals surface area contributed by atoms with Crippen molar-refractivity contribution in [2.45, 2.75) is 19.3 Å². The third-order valence-electron chi connectivity index (χ3n) is 3.59. The molecule has 0 radical (unpaired) electrons. The smallest absolute Gasteiger partial charge is 0.337 e. The maximum atomic E-state index is 11.0. The number of fused-ring (bicyclic) bond motifs is 1. The largest absolute Gasteiger partial charge is 0.478 e. The maximum absolute atomic E-state index is 11.0. The lowest BCUT2D eigenvalue weighted by Gasteiger charge is -2.21. The van der Waals surface area contributed by atoms with Gasteiger partial charge in [0.15, 0.2) is 5.65 Å². The minimum absolute atomic E-state index is 0.260. The van der Waals surface area contributed by atoms with E-state index < -0.39 is 5.97 Å². The van der Waals surface area contributed by atoms with Gasteiger partial charge in [0.05, 0.1) is 5.56 Å². The first kappa shape index (κ1) is 12.1. The predicted molar refractivity (Wildman–Crippen MR) is 69.2 cm³/mol. The molecule has 6 heteroatoms. The number of pyridine rings is 1. The zero-order valence-corrected chi connectivity index (χ0v) is 10.5. The van der Waals surface area contributed by atoms with Crippen LogP contribution in [0.3, 0.4) is 0 Å². The molecule has 1 saturated heterocycles. The Morgan fingerprint density at radius 1 is 1.47 bits per heavy atom. The van der Waals surface area contributed by atoms with Crippen LogP contribution < -0.4 is 5.32 Å². The number of hydrogen-bond acceptors (Lipinski definition) is 4. The highest BCUT2D eigenvalue weighted by Gasteiger charge is 2.17. The molecule has 0 aromatic carbocycles. The van der Waals surface area contributed by atoms with E-state index in [1.54, 1.807) is 22.7 Å². The van der Waals surface area contributed by atoms with Gasteiger partial charge >= 0.3 is 5.97 Å². The lowest BCUT2D eigenvalue weighted by Crippen LogP contribution is -2.31. The number of hydrogen-bond donors (Lipinski definition) is 2. The van der Waals surface area contributed by atoms with Crippen molar-refractivity contribution in [3.05, 3.63) is 29.7 Å². The second-order valence-electron chi connectivity index (χ2n) is 4.98. The molecule has 2 N–H and O–H groups in total. The van der Waals surface area contributed by atoms with Crippen molar-refractivity contribution in [2.75, 3.05) is 13.1 Å². The summed E-state index contributed by atoms with van der Waals surface area (Å²) in [6.45, 7) is 2.08. The van der Waals surface area contributed by atoms with Gasteiger partial charge in [-0.25, -0.2) is 4.79 Å². The normalized spacial score (nSPS) is 19.7. The van der Waals surface area contributed by atoms with Crippen molar-refractivity contribution < 1.29 is 9.90 Å². The molecule has 100 valence electrons. The van der Waals surface area contributed by atoms with Crippen LogP contribution in [0.15, 0.2) is 18.3 Å². The first-order valence-corrected chi connectivity index (χ1v) is 6.52. The SMILES string of the molecule is O=C(O)c1ccc2nnc(CC3CCCNC3)n2c1. The molecule has 2 aromatic rings. The number of rotatable bonds is 3. The summed E-state index contributed by atoms with van der Waals surface area (Å²) in [4.78, 5) is 11.0. The zero-order chi connectivity index (χ0) is 13.2. The fourth-order valence-electron chi connectivity index (χ4n) is 2.56. The topological polar surface area (TPSA) is 79.5 Å². The average molecular weight is 260 g/mol. The van der Waals surface area contributed by atoms with Gasteiger partial charge in [-0.05, 0) is 44.0 Å². The summed E-state index contributed by atoms with van der Waals surface area (Å²) in [6.07, 6.45) is 4.79. The number of carbonyl (C=O) groups is 1. The van der Waals surface area contributed by atoms with Gasteiger partial charge in [-0.1, -0.05) is 0 Å². The van der Waals surface area contributed by atoms with Gasteiger partial charge in [0, 0.05) is 12.6 Å². The molecule has 0 saturated carbocycles. The molecule has 1 unspecified atom stereocenters. The van der Waals surface area contributed by atoms with Crippen LogP contribution in [-0.4, -0.2) is 38.8 Å². The van der Waals surface area contributed by atoms with E-state index in [2.05, 4.69) is 15.5 Å². The summed E-state index contributed by atoms with van der Waals surface area (Å²) in [5.41, 5.74) is 0.957. The van der Waals surface area contributed by atoms with Gasteiger partial charge in [0.25, 0.3) is 0 Å². The summed E-state index contributed by atoms with van der Waals surface area (Å²) >= 11 is 0. The average Bonchev–Trinajstić information content (AvgIpc) is 2.82. The Morgan fingerprint density at radius 2 is 2.37 bits per heavy atom. The number of aromatic nitrogens is 3. The molecule has 0 spiro atoms. The Bertz CT molecular complexity index is 602. The third-order valence-corrected chi connectivity index (χ3v) is 3.59. The Labute approximate surface area is 110 Å². The van der Waals surface area contributed by atoms with Gasteiger partial charge < -0.3 is 10.4 Å². The Balaban J connectivity index is 1.89. The predicted octanol–water partition coefficient (Wildman–Crippen LogP) is 0.970. The molecular formula is C13H16N4O2. The number of aromatic carboxylic acids is 1. The number of carboxylic acid groups (broad SMARTS) is 1. The van der Waals surface area contributed by atoms with E-state index in [0.717, 1.165) is 25.3 Å². The van der Waals surface area contributed by atoms with Gasteiger partial charge in [0.1, 0.15) is 5.82 Å². The second kappa shape index (κ2) is 4.97. The Hall–Kier alpha value is -1.95. The monoisotopic (exact) mass is 260 g/mol. The molecular weight excluding hydrogens is 244 g/mol. The highest BCUT2D eigenvalue weighted by Crippen LogP contribution is 2.16. The van der Waals surface area contributed by atoms with E-state index in [-0.39, 0.29) is 5.56 Å². The van der Waals surface area contributed by atoms with Gasteiger partial charge in [-0.2, -0.15) is 0 Å². The zero-order valence-electron chi connectivity index (χ0n) is 10.5. The number of piperidine rings is 1. The Kier molecular flexibility index (Phi) is 3.16. The molecule has 0 bridgehead atoms. The number of nitrogens with zero attached hydrogens (tertiary/aromatic N) is 3. The second-order valence-corrected chi connectivity index (χ2v) is 4.98. The van der Waals surface area contributed by atoms with Gasteiger partial charge in [-0.15, -0.1) is 10.2 Å².